The summed E-state index contributed by atoms with van der Waals surface area (Å²) in [6, 6.07) is 16.2. The first-order valence-electron chi connectivity index (χ1n) is 8.36. The van der Waals surface area contributed by atoms with Crippen molar-refractivity contribution in [2.45, 2.75) is 26.8 Å². The Morgan fingerprint density at radius 2 is 1.42 bits per heavy atom. The van der Waals surface area contributed by atoms with Gasteiger partial charge in [-0.05, 0) is 36.8 Å². The van der Waals surface area contributed by atoms with Gasteiger partial charge in [-0.25, -0.2) is 0 Å². The van der Waals surface area contributed by atoms with Crippen molar-refractivity contribution in [3.63, 3.8) is 0 Å². The number of carbonyl (C=O) groups is 3. The number of benzene rings is 2. The zero-order chi connectivity index (χ0) is 19.1. The van der Waals surface area contributed by atoms with Gasteiger partial charge in [-0.2, -0.15) is 0 Å². The molecule has 2 rings (SSSR count). The van der Waals surface area contributed by atoms with Crippen molar-refractivity contribution in [2.24, 2.45) is 0 Å². The standard InChI is InChI=1S/C20H23N3O3/c1-14(17-7-5-4-6-8-17)23(16(3)25)13-20(26)22-19-11-9-18(10-12-19)21-15(2)24/h4-12,14H,13H2,1-3H3,(H,21,24)(H,22,26). The van der Waals surface area contributed by atoms with E-state index in [-0.39, 0.29) is 30.3 Å². The Bertz CT molecular complexity index is 773. The van der Waals surface area contributed by atoms with Gasteiger partial charge in [0, 0.05) is 25.2 Å². The van der Waals surface area contributed by atoms with Gasteiger partial charge in [0.1, 0.15) is 6.54 Å². The van der Waals surface area contributed by atoms with Crippen molar-refractivity contribution in [3.8, 4) is 0 Å². The van der Waals surface area contributed by atoms with Crippen LogP contribution in [0.2, 0.25) is 0 Å². The molecule has 6 nitrogen and oxygen atoms in total. The van der Waals surface area contributed by atoms with Gasteiger partial charge in [-0.15, -0.1) is 0 Å². The lowest BCUT2D eigenvalue weighted by Gasteiger charge is -2.28. The highest BCUT2D eigenvalue weighted by Gasteiger charge is 2.21. The Kier molecular flexibility index (Phi) is 6.49. The topological polar surface area (TPSA) is 78.5 Å². The summed E-state index contributed by atoms with van der Waals surface area (Å²) in [4.78, 5) is 36.9. The third-order valence-electron chi connectivity index (χ3n) is 3.96. The number of hydrogen-bond acceptors (Lipinski definition) is 3. The van der Waals surface area contributed by atoms with Crippen LogP contribution < -0.4 is 10.6 Å². The van der Waals surface area contributed by atoms with Crippen LogP contribution in [0.4, 0.5) is 11.4 Å². The quantitative estimate of drug-likeness (QED) is 0.837. The second-order valence-electron chi connectivity index (χ2n) is 6.04. The second-order valence-corrected chi connectivity index (χ2v) is 6.04. The normalized spacial score (nSPS) is 11.3. The number of nitrogens with zero attached hydrogens (tertiary/aromatic N) is 1. The van der Waals surface area contributed by atoms with E-state index < -0.39 is 0 Å². The van der Waals surface area contributed by atoms with E-state index in [9.17, 15) is 14.4 Å². The average Bonchev–Trinajstić information content (AvgIpc) is 2.61. The summed E-state index contributed by atoms with van der Waals surface area (Å²) in [5, 5.41) is 5.43. The molecule has 0 aliphatic rings. The van der Waals surface area contributed by atoms with Crippen LogP contribution in [0.1, 0.15) is 32.4 Å². The fourth-order valence-electron chi connectivity index (χ4n) is 2.63. The van der Waals surface area contributed by atoms with Crippen molar-refractivity contribution >= 4 is 29.1 Å². The molecule has 0 aromatic heterocycles. The molecule has 2 aromatic carbocycles. The molecule has 0 radical (unpaired) electrons. The van der Waals surface area contributed by atoms with E-state index in [0.717, 1.165) is 5.56 Å². The Labute approximate surface area is 153 Å². The number of amides is 3. The maximum Gasteiger partial charge on any atom is 0.244 e. The minimum atomic E-state index is -0.282. The molecule has 0 aliphatic carbocycles. The van der Waals surface area contributed by atoms with Crippen LogP contribution in [0.25, 0.3) is 0 Å². The Balaban J connectivity index is 2.01. The maximum absolute atomic E-state index is 12.4. The van der Waals surface area contributed by atoms with Crippen molar-refractivity contribution in [2.75, 3.05) is 17.2 Å². The Hall–Kier alpha value is -3.15. The number of anilines is 2. The molecule has 0 saturated carbocycles. The molecular formula is C20H23N3O3. The highest BCUT2D eigenvalue weighted by Crippen LogP contribution is 2.20. The fourth-order valence-corrected chi connectivity index (χ4v) is 2.63. The molecule has 0 aliphatic heterocycles. The summed E-state index contributed by atoms with van der Waals surface area (Å²) in [6.45, 7) is 4.74. The van der Waals surface area contributed by atoms with Gasteiger partial charge in [-0.3, -0.25) is 14.4 Å². The van der Waals surface area contributed by atoms with Gasteiger partial charge in [0.15, 0.2) is 0 Å². The van der Waals surface area contributed by atoms with Crippen LogP contribution in [0.5, 0.6) is 0 Å². The van der Waals surface area contributed by atoms with E-state index in [2.05, 4.69) is 10.6 Å². The number of rotatable bonds is 6. The molecular weight excluding hydrogens is 330 g/mol. The van der Waals surface area contributed by atoms with Crippen LogP contribution in [-0.4, -0.2) is 29.2 Å². The summed E-state index contributed by atoms with van der Waals surface area (Å²) in [7, 11) is 0. The zero-order valence-corrected chi connectivity index (χ0v) is 15.2. The summed E-state index contributed by atoms with van der Waals surface area (Å²) in [5.74, 6) is -0.610. The van der Waals surface area contributed by atoms with Gasteiger partial charge in [-0.1, -0.05) is 30.3 Å². The monoisotopic (exact) mass is 353 g/mol. The molecule has 2 aromatic rings. The first kappa shape index (κ1) is 19.2. The average molecular weight is 353 g/mol. The maximum atomic E-state index is 12.4. The molecule has 0 fully saturated rings. The number of nitrogens with one attached hydrogen (secondary N) is 2. The van der Waals surface area contributed by atoms with E-state index in [1.165, 1.54) is 18.7 Å². The Morgan fingerprint density at radius 3 is 1.92 bits per heavy atom. The molecule has 26 heavy (non-hydrogen) atoms. The predicted octanol–water partition coefficient (Wildman–Crippen LogP) is 3.19. The van der Waals surface area contributed by atoms with Crippen LogP contribution in [0.3, 0.4) is 0 Å². The van der Waals surface area contributed by atoms with Gasteiger partial charge in [0.05, 0.1) is 6.04 Å². The van der Waals surface area contributed by atoms with Gasteiger partial charge in [0.25, 0.3) is 0 Å². The SMILES string of the molecule is CC(=O)Nc1ccc(NC(=O)CN(C(C)=O)C(C)c2ccccc2)cc1. The molecule has 1 atom stereocenters. The third kappa shape index (κ3) is 5.44. The molecule has 136 valence electrons. The summed E-state index contributed by atoms with van der Waals surface area (Å²) in [6.07, 6.45) is 0. The number of carbonyl (C=O) groups excluding carboxylic acids is 3. The lowest BCUT2D eigenvalue weighted by Crippen LogP contribution is -2.38. The van der Waals surface area contributed by atoms with Crippen LogP contribution in [0, 0.1) is 0 Å². The first-order chi connectivity index (χ1) is 12.4. The van der Waals surface area contributed by atoms with Crippen molar-refractivity contribution in [1.29, 1.82) is 0 Å². The molecule has 0 spiro atoms. The minimum Gasteiger partial charge on any atom is -0.327 e. The molecule has 1 unspecified atom stereocenters. The van der Waals surface area contributed by atoms with Crippen LogP contribution in [-0.2, 0) is 14.4 Å². The molecule has 6 heteroatoms. The molecule has 3 amide bonds. The van der Waals surface area contributed by atoms with Gasteiger partial charge >= 0.3 is 0 Å². The second kappa shape index (κ2) is 8.80. The molecule has 2 N–H and O–H groups in total. The lowest BCUT2D eigenvalue weighted by molar-refractivity contribution is -0.134. The molecule has 0 heterocycles. The summed E-state index contributed by atoms with van der Waals surface area (Å²) in [5.41, 5.74) is 2.22. The van der Waals surface area contributed by atoms with Crippen molar-refractivity contribution in [3.05, 3.63) is 60.2 Å². The van der Waals surface area contributed by atoms with Gasteiger partial charge in [0.2, 0.25) is 17.7 Å². The van der Waals surface area contributed by atoms with Crippen molar-refractivity contribution < 1.29 is 14.4 Å². The zero-order valence-electron chi connectivity index (χ0n) is 15.2. The Morgan fingerprint density at radius 1 is 0.885 bits per heavy atom. The first-order valence-corrected chi connectivity index (χ1v) is 8.36. The highest BCUT2D eigenvalue weighted by molar-refractivity contribution is 5.95. The largest absolute Gasteiger partial charge is 0.327 e. The predicted molar refractivity (Wildman–Crippen MR) is 102 cm³/mol. The highest BCUT2D eigenvalue weighted by atomic mass is 16.2. The van der Waals surface area contributed by atoms with E-state index in [0.29, 0.717) is 11.4 Å². The third-order valence-corrected chi connectivity index (χ3v) is 3.96. The van der Waals surface area contributed by atoms with E-state index in [4.69, 9.17) is 0 Å². The van der Waals surface area contributed by atoms with E-state index in [1.54, 1.807) is 24.3 Å². The van der Waals surface area contributed by atoms with Crippen LogP contribution >= 0.6 is 0 Å². The van der Waals surface area contributed by atoms with Crippen molar-refractivity contribution in [1.82, 2.24) is 4.90 Å². The summed E-state index contributed by atoms with van der Waals surface area (Å²) >= 11 is 0. The molecule has 0 bridgehead atoms. The van der Waals surface area contributed by atoms with Gasteiger partial charge < -0.3 is 15.5 Å². The van der Waals surface area contributed by atoms with E-state index >= 15 is 0 Å². The number of hydrogen-bond donors (Lipinski definition) is 2. The molecule has 0 saturated heterocycles. The fraction of sp³-hybridized carbons (Fsp3) is 0.250. The smallest absolute Gasteiger partial charge is 0.244 e. The summed E-state index contributed by atoms with van der Waals surface area (Å²) < 4.78 is 0. The van der Waals surface area contributed by atoms with E-state index in [1.807, 2.05) is 37.3 Å². The lowest BCUT2D eigenvalue weighted by atomic mass is 10.1. The minimum absolute atomic E-state index is 0.0428. The van der Waals surface area contributed by atoms with Crippen LogP contribution in [0.15, 0.2) is 54.6 Å².